The van der Waals surface area contributed by atoms with Crippen LogP contribution >= 0.6 is 0 Å². The van der Waals surface area contributed by atoms with Gasteiger partial charge >= 0.3 is 0 Å². The van der Waals surface area contributed by atoms with E-state index in [0.29, 0.717) is 0 Å². The van der Waals surface area contributed by atoms with Crippen LogP contribution in [0, 0.1) is 6.92 Å². The quantitative estimate of drug-likeness (QED) is 0.142. The Balaban J connectivity index is 1.34. The van der Waals surface area contributed by atoms with Gasteiger partial charge in [0, 0.05) is 5.41 Å². The molecule has 0 N–H and O–H groups in total. The zero-order valence-electron chi connectivity index (χ0n) is 29.6. The smallest absolute Gasteiger partial charge is 0.0147 e. The Morgan fingerprint density at radius 2 is 1.24 bits per heavy atom. The second-order valence-corrected chi connectivity index (χ2v) is 13.7. The summed E-state index contributed by atoms with van der Waals surface area (Å²) in [5.41, 5.74) is 17.9. The monoisotopic (exact) mass is 634 g/mol. The molecule has 1 aliphatic rings. The van der Waals surface area contributed by atoms with Gasteiger partial charge in [-0.15, -0.1) is 0 Å². The van der Waals surface area contributed by atoms with Crippen molar-refractivity contribution in [1.29, 1.82) is 0 Å². The highest BCUT2D eigenvalue weighted by molar-refractivity contribution is 5.95. The summed E-state index contributed by atoms with van der Waals surface area (Å²) < 4.78 is 0. The molecule has 5 aromatic carbocycles. The SMILES string of the molecule is C=C(C)C1=CC(C)(c2cccc(-c3cccc(-c4cccc(C(=C)/C=C(\C(C)=C(/C)c5ccccc5)c5ccccc5C)c4)c3)c2)CC=C1. The first-order valence-corrected chi connectivity index (χ1v) is 17.2. The number of allylic oxidation sites excluding steroid dienone is 10. The van der Waals surface area contributed by atoms with Gasteiger partial charge in [0.1, 0.15) is 0 Å². The lowest BCUT2D eigenvalue weighted by Crippen LogP contribution is -2.21. The molecule has 0 radical (unpaired) electrons. The van der Waals surface area contributed by atoms with Crippen molar-refractivity contribution in [2.75, 3.05) is 0 Å². The fourth-order valence-corrected chi connectivity index (χ4v) is 6.81. The van der Waals surface area contributed by atoms with E-state index in [1.54, 1.807) is 0 Å². The molecular formula is C49H46. The van der Waals surface area contributed by atoms with Crippen molar-refractivity contribution in [2.45, 2.75) is 46.5 Å². The number of rotatable bonds is 9. The molecule has 0 saturated heterocycles. The van der Waals surface area contributed by atoms with Crippen molar-refractivity contribution in [2.24, 2.45) is 0 Å². The van der Waals surface area contributed by atoms with E-state index < -0.39 is 0 Å². The molecule has 6 rings (SSSR count). The molecule has 0 spiro atoms. The number of hydrogen-bond donors (Lipinski definition) is 0. The fourth-order valence-electron chi connectivity index (χ4n) is 6.81. The number of benzene rings is 5. The van der Waals surface area contributed by atoms with Crippen molar-refractivity contribution in [1.82, 2.24) is 0 Å². The molecule has 1 unspecified atom stereocenters. The third kappa shape index (κ3) is 7.35. The molecule has 0 aliphatic heterocycles. The van der Waals surface area contributed by atoms with Crippen LogP contribution in [0.15, 0.2) is 182 Å². The van der Waals surface area contributed by atoms with Gasteiger partial charge in [0.25, 0.3) is 0 Å². The lowest BCUT2D eigenvalue weighted by Gasteiger charge is -2.30. The van der Waals surface area contributed by atoms with Gasteiger partial charge in [0.2, 0.25) is 0 Å². The molecule has 1 atom stereocenters. The van der Waals surface area contributed by atoms with E-state index in [0.717, 1.165) is 23.1 Å². The van der Waals surface area contributed by atoms with E-state index in [4.69, 9.17) is 0 Å². The Morgan fingerprint density at radius 1 is 0.653 bits per heavy atom. The molecule has 49 heavy (non-hydrogen) atoms. The molecule has 0 aromatic heterocycles. The highest BCUT2D eigenvalue weighted by atomic mass is 14.3. The van der Waals surface area contributed by atoms with E-state index in [1.807, 2.05) is 0 Å². The van der Waals surface area contributed by atoms with Crippen LogP contribution < -0.4 is 0 Å². The zero-order valence-corrected chi connectivity index (χ0v) is 29.6. The summed E-state index contributed by atoms with van der Waals surface area (Å²) >= 11 is 0. The van der Waals surface area contributed by atoms with Crippen molar-refractivity contribution in [3.63, 3.8) is 0 Å². The van der Waals surface area contributed by atoms with Crippen molar-refractivity contribution in [3.8, 4) is 22.3 Å². The van der Waals surface area contributed by atoms with E-state index >= 15 is 0 Å². The Labute approximate surface area is 293 Å². The Bertz CT molecular complexity index is 2160. The number of hydrogen-bond acceptors (Lipinski definition) is 0. The van der Waals surface area contributed by atoms with Gasteiger partial charge in [0.15, 0.2) is 0 Å². The average molecular weight is 635 g/mol. The van der Waals surface area contributed by atoms with Crippen LogP contribution in [0.4, 0.5) is 0 Å². The average Bonchev–Trinajstić information content (AvgIpc) is 3.14. The topological polar surface area (TPSA) is 0 Å². The van der Waals surface area contributed by atoms with Crippen molar-refractivity contribution >= 4 is 16.7 Å². The van der Waals surface area contributed by atoms with Crippen LogP contribution in [0.25, 0.3) is 39.0 Å². The van der Waals surface area contributed by atoms with Crippen LogP contribution in [-0.2, 0) is 5.41 Å². The molecule has 242 valence electrons. The summed E-state index contributed by atoms with van der Waals surface area (Å²) in [6, 6.07) is 45.9. The van der Waals surface area contributed by atoms with E-state index in [2.05, 4.69) is 199 Å². The third-order valence-corrected chi connectivity index (χ3v) is 10.0. The molecule has 0 heterocycles. The van der Waals surface area contributed by atoms with Gasteiger partial charge in [0.05, 0.1) is 0 Å². The molecule has 0 bridgehead atoms. The van der Waals surface area contributed by atoms with E-state index in [9.17, 15) is 0 Å². The molecular weight excluding hydrogens is 589 g/mol. The molecule has 1 aliphatic carbocycles. The minimum absolute atomic E-state index is 0.0663. The van der Waals surface area contributed by atoms with Crippen molar-refractivity contribution in [3.05, 3.63) is 209 Å². The van der Waals surface area contributed by atoms with Crippen LogP contribution in [0.2, 0.25) is 0 Å². The van der Waals surface area contributed by atoms with Gasteiger partial charge in [-0.25, -0.2) is 0 Å². The first-order chi connectivity index (χ1) is 23.6. The maximum Gasteiger partial charge on any atom is 0.0147 e. The van der Waals surface area contributed by atoms with Crippen LogP contribution in [0.3, 0.4) is 0 Å². The van der Waals surface area contributed by atoms with Crippen LogP contribution in [-0.4, -0.2) is 0 Å². The third-order valence-electron chi connectivity index (χ3n) is 10.0. The van der Waals surface area contributed by atoms with Crippen LogP contribution in [0.1, 0.15) is 61.9 Å². The maximum atomic E-state index is 4.60. The van der Waals surface area contributed by atoms with Gasteiger partial charge in [-0.1, -0.05) is 159 Å². The maximum absolute atomic E-state index is 4.60. The van der Waals surface area contributed by atoms with Gasteiger partial charge < -0.3 is 0 Å². The molecule has 0 heteroatoms. The lowest BCUT2D eigenvalue weighted by atomic mass is 9.74. The second kappa shape index (κ2) is 14.3. The summed E-state index contributed by atoms with van der Waals surface area (Å²) in [5.74, 6) is 0. The lowest BCUT2D eigenvalue weighted by molar-refractivity contribution is 0.596. The minimum Gasteiger partial charge on any atom is -0.0955 e. The normalized spacial score (nSPS) is 16.5. The first-order valence-electron chi connectivity index (χ1n) is 17.2. The van der Waals surface area contributed by atoms with E-state index in [-0.39, 0.29) is 5.41 Å². The molecule has 0 amide bonds. The summed E-state index contributed by atoms with van der Waals surface area (Å²) in [7, 11) is 0. The first kappa shape index (κ1) is 33.4. The van der Waals surface area contributed by atoms with Gasteiger partial charge in [-0.05, 0) is 130 Å². The Morgan fingerprint density at radius 3 is 1.94 bits per heavy atom. The van der Waals surface area contributed by atoms with Gasteiger partial charge in [-0.3, -0.25) is 0 Å². The summed E-state index contributed by atoms with van der Waals surface area (Å²) in [4.78, 5) is 0. The summed E-state index contributed by atoms with van der Waals surface area (Å²) in [5, 5.41) is 0. The summed E-state index contributed by atoms with van der Waals surface area (Å²) in [6.07, 6.45) is 10.1. The predicted octanol–water partition coefficient (Wildman–Crippen LogP) is 13.6. The highest BCUT2D eigenvalue weighted by Gasteiger charge is 2.26. The zero-order chi connectivity index (χ0) is 34.5. The standard InChI is InChI=1S/C49H46/c1-34(2)45-25-16-28-49(7,33-45)46-26-15-24-44(32-46)43-23-14-22-42(31-43)41-21-13-20-40(30-41)36(4)29-48(47-27-12-11-17-35(47)3)38(6)37(5)39-18-9-8-10-19-39/h8-27,29-33H,1,4,28H2,2-3,5-7H3/b38-37+,48-29+. The predicted molar refractivity (Wildman–Crippen MR) is 214 cm³/mol. The van der Waals surface area contributed by atoms with Crippen molar-refractivity contribution < 1.29 is 0 Å². The largest absolute Gasteiger partial charge is 0.0955 e. The highest BCUT2D eigenvalue weighted by Crippen LogP contribution is 2.38. The van der Waals surface area contributed by atoms with Crippen LogP contribution in [0.5, 0.6) is 0 Å². The molecule has 0 fully saturated rings. The number of aryl methyl sites for hydroxylation is 1. The van der Waals surface area contributed by atoms with Gasteiger partial charge in [-0.2, -0.15) is 0 Å². The summed E-state index contributed by atoms with van der Waals surface area (Å²) in [6.45, 7) is 19.8. The molecule has 0 nitrogen and oxygen atoms in total. The molecule has 0 saturated carbocycles. The fraction of sp³-hybridized carbons (Fsp3) is 0.143. The van der Waals surface area contributed by atoms with E-state index in [1.165, 1.54) is 66.8 Å². The Kier molecular flexibility index (Phi) is 9.79. The Hall–Kier alpha value is -5.46. The minimum atomic E-state index is -0.0663. The second-order valence-electron chi connectivity index (χ2n) is 13.7. The molecule has 5 aromatic rings.